The van der Waals surface area contributed by atoms with E-state index in [1.54, 1.807) is 0 Å². The second kappa shape index (κ2) is 5.69. The van der Waals surface area contributed by atoms with Crippen LogP contribution in [0.25, 0.3) is 0 Å². The Morgan fingerprint density at radius 2 is 2.06 bits per heavy atom. The summed E-state index contributed by atoms with van der Waals surface area (Å²) in [5.41, 5.74) is 4.64. The van der Waals surface area contributed by atoms with E-state index < -0.39 is 17.6 Å². The van der Waals surface area contributed by atoms with E-state index in [4.69, 9.17) is 5.73 Å². The number of nitrogens with two attached hydrogens (primary N) is 1. The van der Waals surface area contributed by atoms with Crippen molar-refractivity contribution in [3.63, 3.8) is 0 Å². The minimum atomic E-state index is -1.12. The van der Waals surface area contributed by atoms with E-state index in [0.717, 1.165) is 12.8 Å². The molecular weight excluding hydrogens is 232 g/mol. The van der Waals surface area contributed by atoms with Gasteiger partial charge in [0.1, 0.15) is 5.54 Å². The number of hydrogen-bond donors (Lipinski definition) is 3. The molecule has 0 aromatic heterocycles. The molecule has 0 radical (unpaired) electrons. The minimum absolute atomic E-state index is 0.00291. The van der Waals surface area contributed by atoms with Crippen molar-refractivity contribution in [2.45, 2.75) is 58.0 Å². The highest BCUT2D eigenvalue weighted by Gasteiger charge is 2.43. The predicted molar refractivity (Wildman–Crippen MR) is 69.0 cm³/mol. The molecule has 0 saturated heterocycles. The van der Waals surface area contributed by atoms with Crippen molar-refractivity contribution in [2.75, 3.05) is 0 Å². The molecule has 1 amide bonds. The van der Waals surface area contributed by atoms with Gasteiger partial charge in [-0.1, -0.05) is 33.6 Å². The Hall–Kier alpha value is -1.10. The van der Waals surface area contributed by atoms with Gasteiger partial charge in [-0.15, -0.1) is 0 Å². The van der Waals surface area contributed by atoms with Crippen molar-refractivity contribution in [2.24, 2.45) is 17.6 Å². The molecule has 0 bridgehead atoms. The van der Waals surface area contributed by atoms with Crippen LogP contribution >= 0.6 is 0 Å². The SMILES string of the molecule is CC1CCCC(NC(=O)[C@H](N)C(C)C)(C(=O)O)C1. The van der Waals surface area contributed by atoms with Crippen molar-refractivity contribution < 1.29 is 14.7 Å². The van der Waals surface area contributed by atoms with E-state index in [1.807, 2.05) is 20.8 Å². The van der Waals surface area contributed by atoms with Crippen LogP contribution in [0.1, 0.15) is 46.5 Å². The molecule has 1 saturated carbocycles. The Morgan fingerprint density at radius 3 is 2.50 bits per heavy atom. The molecule has 0 aromatic carbocycles. The Kier molecular flexibility index (Phi) is 4.73. The summed E-state index contributed by atoms with van der Waals surface area (Å²) >= 11 is 0. The Bertz CT molecular complexity index is 330. The molecule has 1 fully saturated rings. The summed E-state index contributed by atoms with van der Waals surface area (Å²) in [6, 6.07) is -0.654. The van der Waals surface area contributed by atoms with Gasteiger partial charge in [-0.3, -0.25) is 4.79 Å². The summed E-state index contributed by atoms with van der Waals surface area (Å²) in [6.07, 6.45) is 2.81. The van der Waals surface area contributed by atoms with Crippen LogP contribution in [0.4, 0.5) is 0 Å². The topological polar surface area (TPSA) is 92.4 Å². The third-order valence-electron chi connectivity index (χ3n) is 3.79. The van der Waals surface area contributed by atoms with Gasteiger partial charge in [0.2, 0.25) is 5.91 Å². The second-order valence-electron chi connectivity index (χ2n) is 5.85. The fourth-order valence-electron chi connectivity index (χ4n) is 2.53. The fraction of sp³-hybridized carbons (Fsp3) is 0.846. The molecule has 0 spiro atoms. The Morgan fingerprint density at radius 1 is 1.44 bits per heavy atom. The molecule has 3 atom stereocenters. The summed E-state index contributed by atoms with van der Waals surface area (Å²) < 4.78 is 0. The lowest BCUT2D eigenvalue weighted by Gasteiger charge is -2.38. The van der Waals surface area contributed by atoms with Crippen LogP contribution in [0.5, 0.6) is 0 Å². The first-order chi connectivity index (χ1) is 8.28. The molecule has 0 aliphatic heterocycles. The van der Waals surface area contributed by atoms with Gasteiger partial charge >= 0.3 is 5.97 Å². The van der Waals surface area contributed by atoms with Crippen LogP contribution in [-0.2, 0) is 9.59 Å². The molecule has 1 rings (SSSR count). The lowest BCUT2D eigenvalue weighted by atomic mass is 9.76. The zero-order valence-corrected chi connectivity index (χ0v) is 11.4. The van der Waals surface area contributed by atoms with Gasteiger partial charge in [-0.2, -0.15) is 0 Å². The lowest BCUT2D eigenvalue weighted by Crippen LogP contribution is -2.60. The smallest absolute Gasteiger partial charge is 0.329 e. The van der Waals surface area contributed by atoms with E-state index in [1.165, 1.54) is 0 Å². The number of carboxylic acids is 1. The van der Waals surface area contributed by atoms with E-state index in [0.29, 0.717) is 18.8 Å². The molecular formula is C13H24N2O3. The third kappa shape index (κ3) is 3.22. The quantitative estimate of drug-likeness (QED) is 0.702. The summed E-state index contributed by atoms with van der Waals surface area (Å²) in [5, 5.41) is 12.1. The standard InChI is InChI=1S/C13H24N2O3/c1-8(2)10(14)11(16)15-13(12(17)18)6-4-5-9(3)7-13/h8-10H,4-7,14H2,1-3H3,(H,15,16)(H,17,18)/t9?,10-,13?/m1/s1. The molecule has 4 N–H and O–H groups in total. The minimum Gasteiger partial charge on any atom is -0.480 e. The van der Waals surface area contributed by atoms with Gasteiger partial charge < -0.3 is 16.2 Å². The number of aliphatic carboxylic acids is 1. The zero-order valence-electron chi connectivity index (χ0n) is 11.4. The van der Waals surface area contributed by atoms with Crippen LogP contribution in [0, 0.1) is 11.8 Å². The van der Waals surface area contributed by atoms with Gasteiger partial charge in [-0.05, 0) is 24.7 Å². The monoisotopic (exact) mass is 256 g/mol. The van der Waals surface area contributed by atoms with Crippen molar-refractivity contribution in [1.82, 2.24) is 5.32 Å². The van der Waals surface area contributed by atoms with Crippen molar-refractivity contribution >= 4 is 11.9 Å². The van der Waals surface area contributed by atoms with E-state index in [2.05, 4.69) is 5.32 Å². The molecule has 1 aliphatic rings. The molecule has 18 heavy (non-hydrogen) atoms. The average Bonchev–Trinajstić information content (AvgIpc) is 2.27. The maximum absolute atomic E-state index is 12.0. The first-order valence-corrected chi connectivity index (χ1v) is 6.59. The number of carboxylic acid groups (broad SMARTS) is 1. The molecule has 2 unspecified atom stereocenters. The number of carbonyl (C=O) groups is 2. The van der Waals surface area contributed by atoms with Crippen LogP contribution < -0.4 is 11.1 Å². The summed E-state index contributed by atoms with van der Waals surface area (Å²) in [5.74, 6) is -0.998. The van der Waals surface area contributed by atoms with E-state index >= 15 is 0 Å². The first kappa shape index (κ1) is 15.0. The van der Waals surface area contributed by atoms with Gasteiger partial charge in [0, 0.05) is 0 Å². The number of nitrogens with one attached hydrogen (secondary N) is 1. The van der Waals surface area contributed by atoms with Crippen LogP contribution in [0.15, 0.2) is 0 Å². The molecule has 0 heterocycles. The fourth-order valence-corrected chi connectivity index (χ4v) is 2.53. The molecule has 5 heteroatoms. The number of rotatable bonds is 4. The highest BCUT2D eigenvalue weighted by Crippen LogP contribution is 2.32. The lowest BCUT2D eigenvalue weighted by molar-refractivity contribution is -0.150. The van der Waals surface area contributed by atoms with Crippen molar-refractivity contribution in [3.8, 4) is 0 Å². The molecule has 1 aliphatic carbocycles. The van der Waals surface area contributed by atoms with Crippen LogP contribution in [0.2, 0.25) is 0 Å². The van der Waals surface area contributed by atoms with Gasteiger partial charge in [0.15, 0.2) is 0 Å². The summed E-state index contributed by atoms with van der Waals surface area (Å²) in [4.78, 5) is 23.5. The van der Waals surface area contributed by atoms with Crippen LogP contribution in [0.3, 0.4) is 0 Å². The normalized spacial score (nSPS) is 29.9. The van der Waals surface area contributed by atoms with Crippen LogP contribution in [-0.4, -0.2) is 28.6 Å². The number of carbonyl (C=O) groups excluding carboxylic acids is 1. The van der Waals surface area contributed by atoms with Crippen molar-refractivity contribution in [3.05, 3.63) is 0 Å². The maximum atomic E-state index is 12.0. The van der Waals surface area contributed by atoms with Gasteiger partial charge in [-0.25, -0.2) is 4.79 Å². The Balaban J connectivity index is 2.80. The van der Waals surface area contributed by atoms with Crippen molar-refractivity contribution in [1.29, 1.82) is 0 Å². The maximum Gasteiger partial charge on any atom is 0.329 e. The summed E-state index contributed by atoms with van der Waals surface area (Å²) in [7, 11) is 0. The van der Waals surface area contributed by atoms with E-state index in [9.17, 15) is 14.7 Å². The molecule has 5 nitrogen and oxygen atoms in total. The Labute approximate surface area is 108 Å². The highest BCUT2D eigenvalue weighted by atomic mass is 16.4. The predicted octanol–water partition coefficient (Wildman–Crippen LogP) is 1.12. The average molecular weight is 256 g/mol. The summed E-state index contributed by atoms with van der Waals surface area (Å²) in [6.45, 7) is 5.72. The third-order valence-corrected chi connectivity index (χ3v) is 3.79. The number of hydrogen-bond acceptors (Lipinski definition) is 3. The van der Waals surface area contributed by atoms with Gasteiger partial charge in [0.25, 0.3) is 0 Å². The molecule has 0 aromatic rings. The van der Waals surface area contributed by atoms with Gasteiger partial charge in [0.05, 0.1) is 6.04 Å². The number of amides is 1. The first-order valence-electron chi connectivity index (χ1n) is 6.59. The van der Waals surface area contributed by atoms with E-state index in [-0.39, 0.29) is 11.8 Å². The second-order valence-corrected chi connectivity index (χ2v) is 5.85. The zero-order chi connectivity index (χ0) is 13.9. The molecule has 104 valence electrons. The highest BCUT2D eigenvalue weighted by molar-refractivity contribution is 5.89. The largest absolute Gasteiger partial charge is 0.480 e.